The molecule has 0 radical (unpaired) electrons. The Balaban J connectivity index is 1.77. The number of carbonyl (C=O) groups is 2. The first-order valence-electron chi connectivity index (χ1n) is 6.79. The zero-order valence-corrected chi connectivity index (χ0v) is 10.9. The van der Waals surface area contributed by atoms with Gasteiger partial charge in [-0.2, -0.15) is 0 Å². The molecule has 2 amide bonds. The lowest BCUT2D eigenvalue weighted by Gasteiger charge is -2.28. The van der Waals surface area contributed by atoms with Crippen LogP contribution < -0.4 is 10.6 Å². The van der Waals surface area contributed by atoms with Crippen LogP contribution in [0.25, 0.3) is 0 Å². The van der Waals surface area contributed by atoms with Crippen molar-refractivity contribution >= 4 is 12.0 Å². The Kier molecular flexibility index (Phi) is 3.78. The lowest BCUT2D eigenvalue weighted by atomic mass is 9.79. The summed E-state index contributed by atoms with van der Waals surface area (Å²) in [5.41, 5.74) is -0.0250. The van der Waals surface area contributed by atoms with Gasteiger partial charge in [0, 0.05) is 12.1 Å². The molecule has 0 heterocycles. The standard InChI is InChI=1S/C13H22N2O3/c1-13(6-7-13)15-12(18)14-8-9-4-2-3-5-10(9)11(16)17/h9-10H,2-8H2,1H3,(H,16,17)(H2,14,15,18). The molecule has 0 aliphatic heterocycles. The molecule has 0 saturated heterocycles. The molecule has 2 saturated carbocycles. The maximum absolute atomic E-state index is 11.6. The van der Waals surface area contributed by atoms with E-state index in [0.29, 0.717) is 6.54 Å². The van der Waals surface area contributed by atoms with Crippen molar-refractivity contribution in [2.75, 3.05) is 6.54 Å². The number of urea groups is 1. The molecule has 102 valence electrons. The number of nitrogens with one attached hydrogen (secondary N) is 2. The van der Waals surface area contributed by atoms with Gasteiger partial charge in [-0.3, -0.25) is 4.79 Å². The van der Waals surface area contributed by atoms with Crippen LogP contribution in [-0.2, 0) is 4.79 Å². The van der Waals surface area contributed by atoms with E-state index in [2.05, 4.69) is 10.6 Å². The van der Waals surface area contributed by atoms with Gasteiger partial charge in [0.1, 0.15) is 0 Å². The molecular weight excluding hydrogens is 232 g/mol. The van der Waals surface area contributed by atoms with E-state index >= 15 is 0 Å². The Labute approximate surface area is 107 Å². The van der Waals surface area contributed by atoms with Gasteiger partial charge in [0.15, 0.2) is 0 Å². The van der Waals surface area contributed by atoms with E-state index < -0.39 is 5.97 Å². The average Bonchev–Trinajstić information content (AvgIpc) is 3.04. The quantitative estimate of drug-likeness (QED) is 0.715. The number of carboxylic acid groups (broad SMARTS) is 1. The van der Waals surface area contributed by atoms with Crippen molar-refractivity contribution in [2.45, 2.75) is 51.0 Å². The number of amides is 2. The smallest absolute Gasteiger partial charge is 0.315 e. The molecule has 2 fully saturated rings. The van der Waals surface area contributed by atoms with Crippen LogP contribution in [0, 0.1) is 11.8 Å². The molecule has 0 aromatic carbocycles. The number of aliphatic carboxylic acids is 1. The monoisotopic (exact) mass is 254 g/mol. The van der Waals surface area contributed by atoms with Gasteiger partial charge in [-0.15, -0.1) is 0 Å². The summed E-state index contributed by atoms with van der Waals surface area (Å²) in [7, 11) is 0. The molecule has 0 spiro atoms. The second-order valence-corrected chi connectivity index (χ2v) is 5.88. The highest BCUT2D eigenvalue weighted by molar-refractivity contribution is 5.75. The highest BCUT2D eigenvalue weighted by atomic mass is 16.4. The summed E-state index contributed by atoms with van der Waals surface area (Å²) >= 11 is 0. The van der Waals surface area contributed by atoms with Crippen molar-refractivity contribution in [3.8, 4) is 0 Å². The van der Waals surface area contributed by atoms with Gasteiger partial charge in [0.25, 0.3) is 0 Å². The average molecular weight is 254 g/mol. The molecule has 3 N–H and O–H groups in total. The van der Waals surface area contributed by atoms with Crippen LogP contribution in [0.5, 0.6) is 0 Å². The fraction of sp³-hybridized carbons (Fsp3) is 0.846. The highest BCUT2D eigenvalue weighted by Crippen LogP contribution is 2.34. The van der Waals surface area contributed by atoms with E-state index in [0.717, 1.165) is 38.5 Å². The molecule has 2 atom stereocenters. The summed E-state index contributed by atoms with van der Waals surface area (Å²) in [4.78, 5) is 22.8. The molecule has 18 heavy (non-hydrogen) atoms. The summed E-state index contributed by atoms with van der Waals surface area (Å²) in [6.07, 6.45) is 5.74. The zero-order chi connectivity index (χ0) is 13.2. The van der Waals surface area contributed by atoms with Crippen molar-refractivity contribution in [3.05, 3.63) is 0 Å². The zero-order valence-electron chi connectivity index (χ0n) is 10.9. The van der Waals surface area contributed by atoms with Crippen LogP contribution in [0.2, 0.25) is 0 Å². The highest BCUT2D eigenvalue weighted by Gasteiger charge is 2.39. The van der Waals surface area contributed by atoms with E-state index in [1.54, 1.807) is 0 Å². The first-order valence-corrected chi connectivity index (χ1v) is 6.79. The molecule has 0 aromatic heterocycles. The Morgan fingerprint density at radius 3 is 2.56 bits per heavy atom. The fourth-order valence-electron chi connectivity index (χ4n) is 2.63. The molecule has 0 bridgehead atoms. The minimum atomic E-state index is -0.726. The van der Waals surface area contributed by atoms with Crippen molar-refractivity contribution in [1.29, 1.82) is 0 Å². The van der Waals surface area contributed by atoms with E-state index in [1.807, 2.05) is 6.92 Å². The number of hydrogen-bond acceptors (Lipinski definition) is 2. The lowest BCUT2D eigenvalue weighted by molar-refractivity contribution is -0.144. The third-order valence-electron chi connectivity index (χ3n) is 4.17. The SMILES string of the molecule is CC1(NC(=O)NCC2CCCCC2C(=O)O)CC1. The summed E-state index contributed by atoms with van der Waals surface area (Å²) in [5.74, 6) is -0.944. The van der Waals surface area contributed by atoms with Crippen LogP contribution in [0.3, 0.4) is 0 Å². The molecule has 5 heteroatoms. The molecule has 2 aliphatic rings. The molecule has 0 aromatic rings. The predicted molar refractivity (Wildman–Crippen MR) is 67.3 cm³/mol. The Morgan fingerprint density at radius 2 is 1.94 bits per heavy atom. The first kappa shape index (κ1) is 13.2. The van der Waals surface area contributed by atoms with E-state index in [-0.39, 0.29) is 23.4 Å². The topological polar surface area (TPSA) is 78.4 Å². The van der Waals surface area contributed by atoms with Crippen molar-refractivity contribution in [3.63, 3.8) is 0 Å². The van der Waals surface area contributed by atoms with Gasteiger partial charge in [0.05, 0.1) is 5.92 Å². The second kappa shape index (κ2) is 5.16. The molecule has 2 aliphatic carbocycles. The minimum absolute atomic E-state index is 0.0250. The first-order chi connectivity index (χ1) is 8.50. The Bertz CT molecular complexity index is 339. The van der Waals surface area contributed by atoms with Crippen molar-refractivity contribution < 1.29 is 14.7 Å². The molecule has 2 unspecified atom stereocenters. The third-order valence-corrected chi connectivity index (χ3v) is 4.17. The van der Waals surface area contributed by atoms with Crippen molar-refractivity contribution in [1.82, 2.24) is 10.6 Å². The lowest BCUT2D eigenvalue weighted by Crippen LogP contribution is -2.45. The maximum Gasteiger partial charge on any atom is 0.315 e. The van der Waals surface area contributed by atoms with Gasteiger partial charge >= 0.3 is 12.0 Å². The number of carboxylic acids is 1. The molecule has 5 nitrogen and oxygen atoms in total. The number of hydrogen-bond donors (Lipinski definition) is 3. The predicted octanol–water partition coefficient (Wildman–Crippen LogP) is 1.73. The van der Waals surface area contributed by atoms with Crippen LogP contribution in [0.1, 0.15) is 45.4 Å². The summed E-state index contributed by atoms with van der Waals surface area (Å²) in [5, 5.41) is 14.9. The van der Waals surface area contributed by atoms with Gasteiger partial charge < -0.3 is 15.7 Å². The largest absolute Gasteiger partial charge is 0.481 e. The summed E-state index contributed by atoms with van der Waals surface area (Å²) in [6, 6.07) is -0.162. The van der Waals surface area contributed by atoms with Gasteiger partial charge in [-0.05, 0) is 38.5 Å². The fourth-order valence-corrected chi connectivity index (χ4v) is 2.63. The minimum Gasteiger partial charge on any atom is -0.481 e. The summed E-state index contributed by atoms with van der Waals surface area (Å²) in [6.45, 7) is 2.49. The van der Waals surface area contributed by atoms with E-state index in [9.17, 15) is 9.59 Å². The molecular formula is C13H22N2O3. The Morgan fingerprint density at radius 1 is 1.28 bits per heavy atom. The molecule has 2 rings (SSSR count). The van der Waals surface area contributed by atoms with E-state index in [1.165, 1.54) is 0 Å². The number of rotatable bonds is 4. The Hall–Kier alpha value is -1.26. The van der Waals surface area contributed by atoms with Crippen LogP contribution in [-0.4, -0.2) is 29.2 Å². The summed E-state index contributed by atoms with van der Waals surface area (Å²) < 4.78 is 0. The van der Waals surface area contributed by atoms with Gasteiger partial charge in [-0.25, -0.2) is 4.79 Å². The van der Waals surface area contributed by atoms with Crippen LogP contribution in [0.4, 0.5) is 4.79 Å². The second-order valence-electron chi connectivity index (χ2n) is 5.88. The van der Waals surface area contributed by atoms with Gasteiger partial charge in [-0.1, -0.05) is 12.8 Å². The van der Waals surface area contributed by atoms with Crippen LogP contribution >= 0.6 is 0 Å². The van der Waals surface area contributed by atoms with Crippen molar-refractivity contribution in [2.24, 2.45) is 11.8 Å². The van der Waals surface area contributed by atoms with Gasteiger partial charge in [0.2, 0.25) is 0 Å². The normalized spacial score (nSPS) is 29.4. The maximum atomic E-state index is 11.6. The van der Waals surface area contributed by atoms with E-state index in [4.69, 9.17) is 5.11 Å². The van der Waals surface area contributed by atoms with Crippen LogP contribution in [0.15, 0.2) is 0 Å². The number of carbonyl (C=O) groups excluding carboxylic acids is 1. The third kappa shape index (κ3) is 3.37.